The SMILES string of the molecule is Cc1nc(-c2ccc3[nH]c(=O)cc(C4CC4)c3c2)c(-c2ccccc2)[nH]1. The zero-order valence-electron chi connectivity index (χ0n) is 14.5. The summed E-state index contributed by atoms with van der Waals surface area (Å²) in [6.07, 6.45) is 2.33. The van der Waals surface area contributed by atoms with Crippen molar-refractivity contribution in [2.45, 2.75) is 25.7 Å². The molecule has 2 N–H and O–H groups in total. The number of hydrogen-bond donors (Lipinski definition) is 2. The van der Waals surface area contributed by atoms with Crippen LogP contribution in [0.2, 0.25) is 0 Å². The van der Waals surface area contributed by atoms with Gasteiger partial charge in [-0.05, 0) is 43.4 Å². The molecule has 4 aromatic rings. The van der Waals surface area contributed by atoms with E-state index in [9.17, 15) is 4.79 Å². The fourth-order valence-electron chi connectivity index (χ4n) is 3.67. The third-order valence-electron chi connectivity index (χ3n) is 5.05. The number of hydrogen-bond acceptors (Lipinski definition) is 2. The summed E-state index contributed by atoms with van der Waals surface area (Å²) in [7, 11) is 0. The largest absolute Gasteiger partial charge is 0.342 e. The Morgan fingerprint density at radius 2 is 1.77 bits per heavy atom. The van der Waals surface area contributed by atoms with E-state index < -0.39 is 0 Å². The minimum atomic E-state index is -0.0206. The van der Waals surface area contributed by atoms with Crippen LogP contribution in [0.3, 0.4) is 0 Å². The van der Waals surface area contributed by atoms with Crippen molar-refractivity contribution in [3.63, 3.8) is 0 Å². The molecule has 128 valence electrons. The summed E-state index contributed by atoms with van der Waals surface area (Å²) in [5.41, 5.74) is 6.20. The van der Waals surface area contributed by atoms with E-state index in [1.807, 2.05) is 37.3 Å². The number of benzene rings is 2. The van der Waals surface area contributed by atoms with E-state index in [0.717, 1.165) is 39.2 Å². The highest BCUT2D eigenvalue weighted by Gasteiger charge is 2.26. The third kappa shape index (κ3) is 2.54. The Morgan fingerprint density at radius 1 is 0.962 bits per heavy atom. The molecule has 2 aromatic carbocycles. The number of rotatable bonds is 3. The first-order valence-electron chi connectivity index (χ1n) is 8.98. The maximum Gasteiger partial charge on any atom is 0.248 e. The molecule has 2 heterocycles. The maximum atomic E-state index is 12.0. The Balaban J connectivity index is 1.72. The summed E-state index contributed by atoms with van der Waals surface area (Å²) in [6, 6.07) is 18.2. The first-order valence-corrected chi connectivity index (χ1v) is 8.98. The Labute approximate surface area is 150 Å². The fraction of sp³-hybridized carbons (Fsp3) is 0.182. The van der Waals surface area contributed by atoms with Crippen LogP contribution >= 0.6 is 0 Å². The maximum absolute atomic E-state index is 12.0. The van der Waals surface area contributed by atoms with Gasteiger partial charge in [-0.1, -0.05) is 36.4 Å². The lowest BCUT2D eigenvalue weighted by Gasteiger charge is -2.08. The van der Waals surface area contributed by atoms with Crippen LogP contribution in [0.1, 0.15) is 30.1 Å². The summed E-state index contributed by atoms with van der Waals surface area (Å²) in [6.45, 7) is 1.98. The van der Waals surface area contributed by atoms with E-state index in [2.05, 4.69) is 28.2 Å². The molecule has 1 saturated carbocycles. The molecular formula is C22H19N3O. The van der Waals surface area contributed by atoms with E-state index >= 15 is 0 Å². The second-order valence-corrected chi connectivity index (χ2v) is 7.04. The quantitative estimate of drug-likeness (QED) is 0.564. The standard InChI is InChI=1S/C22H19N3O/c1-13-23-21(15-5-3-2-4-6-15)22(24-13)16-9-10-19-18(11-16)17(14-7-8-14)12-20(26)25-19/h2-6,9-12,14H,7-8H2,1H3,(H,23,24)(H,25,26). The molecule has 4 heteroatoms. The number of aromatic amines is 2. The number of nitrogens with zero attached hydrogens (tertiary/aromatic N) is 1. The molecule has 1 fully saturated rings. The average molecular weight is 341 g/mol. The highest BCUT2D eigenvalue weighted by Crippen LogP contribution is 2.43. The minimum absolute atomic E-state index is 0.0206. The van der Waals surface area contributed by atoms with Crippen LogP contribution in [0.5, 0.6) is 0 Å². The predicted octanol–water partition coefficient (Wildman–Crippen LogP) is 4.77. The first kappa shape index (κ1) is 15.1. The molecule has 0 unspecified atom stereocenters. The van der Waals surface area contributed by atoms with Crippen molar-refractivity contribution in [3.8, 4) is 22.5 Å². The number of pyridine rings is 1. The van der Waals surface area contributed by atoms with Crippen molar-refractivity contribution in [1.82, 2.24) is 15.0 Å². The molecule has 26 heavy (non-hydrogen) atoms. The van der Waals surface area contributed by atoms with Crippen molar-refractivity contribution in [1.29, 1.82) is 0 Å². The van der Waals surface area contributed by atoms with Crippen LogP contribution in [0.25, 0.3) is 33.4 Å². The zero-order valence-corrected chi connectivity index (χ0v) is 14.5. The molecule has 0 aliphatic heterocycles. The summed E-state index contributed by atoms with van der Waals surface area (Å²) < 4.78 is 0. The summed E-state index contributed by atoms with van der Waals surface area (Å²) in [5, 5.41) is 1.13. The first-order chi connectivity index (χ1) is 12.7. The van der Waals surface area contributed by atoms with Gasteiger partial charge in [0, 0.05) is 28.1 Å². The monoisotopic (exact) mass is 341 g/mol. The molecule has 1 aliphatic carbocycles. The second kappa shape index (κ2) is 5.70. The highest BCUT2D eigenvalue weighted by atomic mass is 16.1. The lowest BCUT2D eigenvalue weighted by Crippen LogP contribution is -2.06. The number of H-pyrrole nitrogens is 2. The van der Waals surface area contributed by atoms with Crippen LogP contribution in [-0.4, -0.2) is 15.0 Å². The smallest absolute Gasteiger partial charge is 0.248 e. The van der Waals surface area contributed by atoms with Gasteiger partial charge in [0.15, 0.2) is 0 Å². The fourth-order valence-corrected chi connectivity index (χ4v) is 3.67. The Hall–Kier alpha value is -3.14. The second-order valence-electron chi connectivity index (χ2n) is 7.04. The number of aromatic nitrogens is 3. The summed E-state index contributed by atoms with van der Waals surface area (Å²) in [5.74, 6) is 1.41. The molecule has 1 aliphatic rings. The zero-order chi connectivity index (χ0) is 17.7. The Morgan fingerprint density at radius 3 is 2.54 bits per heavy atom. The van der Waals surface area contributed by atoms with Crippen molar-refractivity contribution >= 4 is 10.9 Å². The van der Waals surface area contributed by atoms with Gasteiger partial charge >= 0.3 is 0 Å². The topological polar surface area (TPSA) is 61.5 Å². The van der Waals surface area contributed by atoms with Crippen LogP contribution in [-0.2, 0) is 0 Å². The van der Waals surface area contributed by atoms with Gasteiger partial charge in [0.25, 0.3) is 0 Å². The molecule has 4 nitrogen and oxygen atoms in total. The van der Waals surface area contributed by atoms with E-state index in [1.165, 1.54) is 18.4 Å². The molecule has 0 saturated heterocycles. The van der Waals surface area contributed by atoms with Gasteiger partial charge in [-0.15, -0.1) is 0 Å². The molecule has 5 rings (SSSR count). The van der Waals surface area contributed by atoms with Gasteiger partial charge in [0.1, 0.15) is 5.82 Å². The molecular weight excluding hydrogens is 322 g/mol. The predicted molar refractivity (Wildman–Crippen MR) is 104 cm³/mol. The number of fused-ring (bicyclic) bond motifs is 1. The van der Waals surface area contributed by atoms with Crippen LogP contribution < -0.4 is 5.56 Å². The van der Waals surface area contributed by atoms with Gasteiger partial charge in [-0.2, -0.15) is 0 Å². The van der Waals surface area contributed by atoms with E-state index in [1.54, 1.807) is 6.07 Å². The van der Waals surface area contributed by atoms with Gasteiger partial charge in [-0.3, -0.25) is 4.79 Å². The normalized spacial score (nSPS) is 14.0. The van der Waals surface area contributed by atoms with Gasteiger partial charge in [-0.25, -0.2) is 4.98 Å². The Kier molecular flexibility index (Phi) is 3.32. The molecule has 0 bridgehead atoms. The van der Waals surface area contributed by atoms with Crippen molar-refractivity contribution in [2.24, 2.45) is 0 Å². The van der Waals surface area contributed by atoms with E-state index in [-0.39, 0.29) is 5.56 Å². The number of nitrogens with one attached hydrogen (secondary N) is 2. The van der Waals surface area contributed by atoms with E-state index in [4.69, 9.17) is 4.98 Å². The number of imidazole rings is 1. The van der Waals surface area contributed by atoms with Gasteiger partial charge < -0.3 is 9.97 Å². The molecule has 2 aromatic heterocycles. The Bertz CT molecular complexity index is 1170. The van der Waals surface area contributed by atoms with Crippen LogP contribution in [0.4, 0.5) is 0 Å². The van der Waals surface area contributed by atoms with Crippen molar-refractivity contribution in [3.05, 3.63) is 76.3 Å². The minimum Gasteiger partial charge on any atom is -0.342 e. The van der Waals surface area contributed by atoms with Crippen LogP contribution in [0, 0.1) is 6.92 Å². The molecule has 0 atom stereocenters. The third-order valence-corrected chi connectivity index (χ3v) is 5.05. The van der Waals surface area contributed by atoms with Crippen LogP contribution in [0.15, 0.2) is 59.4 Å². The molecule has 0 radical (unpaired) electrons. The van der Waals surface area contributed by atoms with E-state index in [0.29, 0.717) is 5.92 Å². The highest BCUT2D eigenvalue weighted by molar-refractivity contribution is 5.89. The number of aryl methyl sites for hydroxylation is 1. The van der Waals surface area contributed by atoms with Gasteiger partial charge in [0.05, 0.1) is 11.4 Å². The van der Waals surface area contributed by atoms with Crippen molar-refractivity contribution < 1.29 is 0 Å². The molecule has 0 spiro atoms. The summed E-state index contributed by atoms with van der Waals surface area (Å²) >= 11 is 0. The van der Waals surface area contributed by atoms with Gasteiger partial charge in [0.2, 0.25) is 5.56 Å². The summed E-state index contributed by atoms with van der Waals surface area (Å²) in [4.78, 5) is 23.1. The lowest BCUT2D eigenvalue weighted by atomic mass is 9.99. The average Bonchev–Trinajstić information content (AvgIpc) is 3.43. The molecule has 0 amide bonds. The lowest BCUT2D eigenvalue weighted by molar-refractivity contribution is 1.12. The van der Waals surface area contributed by atoms with Crippen molar-refractivity contribution in [2.75, 3.05) is 0 Å².